The van der Waals surface area contributed by atoms with E-state index >= 15 is 0 Å². The minimum Gasteiger partial charge on any atom is -0.335 e. The van der Waals surface area contributed by atoms with Crippen molar-refractivity contribution in [1.82, 2.24) is 0 Å². The average molecular weight is 456 g/mol. The SMILES string of the molecule is CC[n+]1ccc(/C=C/C(=C/C=C2\Sc3cccc4c3N2CCC4)C2CC2)c2cc(F)ccc21. The molecule has 3 heterocycles. The summed E-state index contributed by atoms with van der Waals surface area (Å²) in [4.78, 5) is 3.89. The maximum Gasteiger partial charge on any atom is 0.213 e. The molecule has 2 aromatic carbocycles. The van der Waals surface area contributed by atoms with Gasteiger partial charge in [0.15, 0.2) is 6.20 Å². The molecule has 0 unspecified atom stereocenters. The van der Waals surface area contributed by atoms with Crippen molar-refractivity contribution >= 4 is 34.4 Å². The molecule has 1 aromatic heterocycles. The van der Waals surface area contributed by atoms with Crippen LogP contribution in [0.1, 0.15) is 37.3 Å². The Morgan fingerprint density at radius 3 is 2.97 bits per heavy atom. The van der Waals surface area contributed by atoms with Gasteiger partial charge in [-0.3, -0.25) is 0 Å². The third-order valence-electron chi connectivity index (χ3n) is 6.94. The zero-order valence-corrected chi connectivity index (χ0v) is 19.7. The van der Waals surface area contributed by atoms with Crippen LogP contribution in [0.15, 0.2) is 82.4 Å². The highest BCUT2D eigenvalue weighted by Gasteiger charge is 2.30. The number of aryl methyl sites for hydroxylation is 2. The summed E-state index contributed by atoms with van der Waals surface area (Å²) in [6, 6.07) is 13.9. The molecule has 0 amide bonds. The maximum atomic E-state index is 14.0. The summed E-state index contributed by atoms with van der Waals surface area (Å²) in [5.74, 6) is 0.448. The van der Waals surface area contributed by atoms with E-state index in [9.17, 15) is 4.39 Å². The van der Waals surface area contributed by atoms with Gasteiger partial charge in [0.05, 0.1) is 16.1 Å². The molecule has 0 N–H and O–H groups in total. The molecule has 0 radical (unpaired) electrons. The zero-order chi connectivity index (χ0) is 22.4. The highest BCUT2D eigenvalue weighted by atomic mass is 32.2. The molecular weight excluding hydrogens is 427 g/mol. The summed E-state index contributed by atoms with van der Waals surface area (Å²) >= 11 is 1.89. The van der Waals surface area contributed by atoms with Crippen molar-refractivity contribution in [2.45, 2.75) is 44.0 Å². The van der Waals surface area contributed by atoms with Crippen LogP contribution in [0.3, 0.4) is 0 Å². The summed E-state index contributed by atoms with van der Waals surface area (Å²) < 4.78 is 16.2. The number of anilines is 1. The second-order valence-electron chi connectivity index (χ2n) is 9.12. The monoisotopic (exact) mass is 455 g/mol. The highest BCUT2D eigenvalue weighted by Crippen LogP contribution is 2.50. The van der Waals surface area contributed by atoms with Gasteiger partial charge in [0.25, 0.3) is 0 Å². The number of hydrogen-bond donors (Lipinski definition) is 0. The van der Waals surface area contributed by atoms with Gasteiger partial charge in [0.2, 0.25) is 5.52 Å². The highest BCUT2D eigenvalue weighted by molar-refractivity contribution is 8.03. The normalized spacial score (nSPS) is 19.2. The van der Waals surface area contributed by atoms with E-state index in [-0.39, 0.29) is 5.82 Å². The van der Waals surface area contributed by atoms with E-state index in [0.29, 0.717) is 5.92 Å². The molecule has 1 saturated carbocycles. The molecule has 0 bridgehead atoms. The number of thioether (sulfide) groups is 1. The Bertz CT molecular complexity index is 1330. The summed E-state index contributed by atoms with van der Waals surface area (Å²) in [6.07, 6.45) is 16.0. The number of allylic oxidation sites excluding steroid dienone is 4. The second kappa shape index (κ2) is 8.49. The number of halogens is 1. The van der Waals surface area contributed by atoms with Crippen LogP contribution in [0, 0.1) is 11.7 Å². The van der Waals surface area contributed by atoms with Crippen molar-refractivity contribution in [3.05, 3.63) is 94.4 Å². The van der Waals surface area contributed by atoms with Crippen LogP contribution in [0.25, 0.3) is 17.0 Å². The standard InChI is InChI=1S/C29H28FN2S/c1-2-31-18-16-22(25-19-24(30)13-14-26(25)31)11-10-21(20-8-9-20)12-15-28-32-17-4-6-23-5-3-7-27(33-28)29(23)32/h3,5,7,10-16,18-20H,2,4,6,8-9,17H2,1H3/q+1. The van der Waals surface area contributed by atoms with Crippen molar-refractivity contribution in [3.63, 3.8) is 0 Å². The Hall–Kier alpha value is -2.85. The summed E-state index contributed by atoms with van der Waals surface area (Å²) in [5, 5.41) is 2.30. The molecule has 0 saturated heterocycles. The van der Waals surface area contributed by atoms with E-state index in [2.05, 4.69) is 71.2 Å². The Morgan fingerprint density at radius 2 is 2.12 bits per heavy atom. The molecule has 3 aliphatic rings. The van der Waals surface area contributed by atoms with E-state index in [1.807, 2.05) is 17.8 Å². The second-order valence-corrected chi connectivity index (χ2v) is 10.2. The van der Waals surface area contributed by atoms with Crippen LogP contribution in [0.5, 0.6) is 0 Å². The fourth-order valence-electron chi connectivity index (χ4n) is 5.06. The lowest BCUT2D eigenvalue weighted by atomic mass is 10.0. The Balaban J connectivity index is 1.33. The minimum atomic E-state index is -0.188. The number of pyridine rings is 1. The fraction of sp³-hybridized carbons (Fsp3) is 0.276. The molecule has 0 atom stereocenters. The van der Waals surface area contributed by atoms with Gasteiger partial charge in [-0.15, -0.1) is 0 Å². The molecule has 33 heavy (non-hydrogen) atoms. The third-order valence-corrected chi connectivity index (χ3v) is 8.05. The molecule has 6 rings (SSSR count). The first-order valence-electron chi connectivity index (χ1n) is 12.0. The van der Waals surface area contributed by atoms with Gasteiger partial charge in [-0.05, 0) is 79.5 Å². The Morgan fingerprint density at radius 1 is 1.21 bits per heavy atom. The lowest BCUT2D eigenvalue weighted by molar-refractivity contribution is -0.667. The minimum absolute atomic E-state index is 0.188. The predicted molar refractivity (Wildman–Crippen MR) is 136 cm³/mol. The number of nitrogens with zero attached hydrogens (tertiary/aromatic N) is 2. The first kappa shape index (κ1) is 20.7. The van der Waals surface area contributed by atoms with Crippen molar-refractivity contribution < 1.29 is 8.96 Å². The number of fused-ring (bicyclic) bond motifs is 1. The lowest BCUT2D eigenvalue weighted by Crippen LogP contribution is -2.32. The molecule has 1 fully saturated rings. The van der Waals surface area contributed by atoms with Crippen molar-refractivity contribution in [2.75, 3.05) is 11.4 Å². The number of para-hydroxylation sites is 1. The molecule has 4 heteroatoms. The zero-order valence-electron chi connectivity index (χ0n) is 18.9. The number of hydrogen-bond acceptors (Lipinski definition) is 2. The fourth-order valence-corrected chi connectivity index (χ4v) is 6.20. The molecule has 3 aromatic rings. The lowest BCUT2D eigenvalue weighted by Gasteiger charge is -2.27. The Kier molecular flexibility index (Phi) is 5.34. The quantitative estimate of drug-likeness (QED) is 0.301. The van der Waals surface area contributed by atoms with E-state index in [1.54, 1.807) is 12.1 Å². The molecule has 1 aliphatic carbocycles. The summed E-state index contributed by atoms with van der Waals surface area (Å²) in [7, 11) is 0. The topological polar surface area (TPSA) is 7.12 Å². The largest absolute Gasteiger partial charge is 0.335 e. The predicted octanol–water partition coefficient (Wildman–Crippen LogP) is 7.04. The van der Waals surface area contributed by atoms with Gasteiger partial charge in [0, 0.05) is 23.6 Å². The van der Waals surface area contributed by atoms with Crippen LogP contribution < -0.4 is 9.47 Å². The van der Waals surface area contributed by atoms with Crippen LogP contribution >= 0.6 is 11.8 Å². The number of rotatable bonds is 5. The van der Waals surface area contributed by atoms with Crippen LogP contribution in [0.2, 0.25) is 0 Å². The smallest absolute Gasteiger partial charge is 0.213 e. The number of aromatic nitrogens is 1. The van der Waals surface area contributed by atoms with Gasteiger partial charge in [-0.1, -0.05) is 42.1 Å². The van der Waals surface area contributed by atoms with Gasteiger partial charge in [0.1, 0.15) is 12.4 Å². The molecular formula is C29H28FN2S+. The van der Waals surface area contributed by atoms with Crippen LogP contribution in [0.4, 0.5) is 10.1 Å². The molecule has 2 aliphatic heterocycles. The van der Waals surface area contributed by atoms with Gasteiger partial charge >= 0.3 is 0 Å². The van der Waals surface area contributed by atoms with E-state index < -0.39 is 0 Å². The first-order valence-corrected chi connectivity index (χ1v) is 12.8. The van der Waals surface area contributed by atoms with Crippen molar-refractivity contribution in [2.24, 2.45) is 5.92 Å². The maximum absolute atomic E-state index is 14.0. The van der Waals surface area contributed by atoms with Gasteiger partial charge in [-0.2, -0.15) is 4.57 Å². The number of benzene rings is 2. The van der Waals surface area contributed by atoms with Crippen molar-refractivity contribution in [1.29, 1.82) is 0 Å². The van der Waals surface area contributed by atoms with Crippen LogP contribution in [-0.2, 0) is 13.0 Å². The van der Waals surface area contributed by atoms with E-state index in [1.165, 1.54) is 52.4 Å². The Labute approximate surface area is 199 Å². The van der Waals surface area contributed by atoms with Gasteiger partial charge in [-0.25, -0.2) is 4.39 Å². The average Bonchev–Trinajstić information content (AvgIpc) is 3.62. The van der Waals surface area contributed by atoms with Crippen LogP contribution in [-0.4, -0.2) is 6.54 Å². The molecule has 0 spiro atoms. The summed E-state index contributed by atoms with van der Waals surface area (Å²) in [5.41, 5.74) is 6.42. The van der Waals surface area contributed by atoms with E-state index in [0.717, 1.165) is 29.6 Å². The third kappa shape index (κ3) is 3.91. The molecule has 166 valence electrons. The van der Waals surface area contributed by atoms with Crippen molar-refractivity contribution in [3.8, 4) is 0 Å². The summed E-state index contributed by atoms with van der Waals surface area (Å²) in [6.45, 7) is 4.08. The van der Waals surface area contributed by atoms with E-state index in [4.69, 9.17) is 0 Å². The first-order chi connectivity index (χ1) is 16.2. The molecule has 2 nitrogen and oxygen atoms in total. The van der Waals surface area contributed by atoms with Gasteiger partial charge < -0.3 is 4.90 Å².